The molecule has 5 heteroatoms. The Morgan fingerprint density at radius 2 is 2.37 bits per heavy atom. The van der Waals surface area contributed by atoms with Crippen LogP contribution in [0.25, 0.3) is 0 Å². The molecule has 1 amide bonds. The number of rotatable bonds is 6. The highest BCUT2D eigenvalue weighted by atomic mass is 16.5. The van der Waals surface area contributed by atoms with Crippen molar-refractivity contribution in [2.45, 2.75) is 25.8 Å². The molecule has 5 nitrogen and oxygen atoms in total. The van der Waals surface area contributed by atoms with Crippen LogP contribution in [0, 0.1) is 5.92 Å². The van der Waals surface area contributed by atoms with Gasteiger partial charge in [-0.1, -0.05) is 0 Å². The van der Waals surface area contributed by atoms with Gasteiger partial charge in [-0.25, -0.2) is 0 Å². The van der Waals surface area contributed by atoms with Crippen molar-refractivity contribution in [3.63, 3.8) is 0 Å². The van der Waals surface area contributed by atoms with E-state index in [0.717, 1.165) is 0 Å². The Kier molecular flexibility index (Phi) is 4.37. The van der Waals surface area contributed by atoms with Crippen LogP contribution < -0.4 is 5.73 Å². The van der Waals surface area contributed by atoms with Gasteiger partial charge in [0.25, 0.3) is 5.91 Å². The van der Waals surface area contributed by atoms with Crippen LogP contribution in [0.1, 0.15) is 30.3 Å². The lowest BCUT2D eigenvalue weighted by molar-refractivity contribution is 0.0589. The molecule has 0 aromatic carbocycles. The maximum Gasteiger partial charge on any atom is 0.272 e. The van der Waals surface area contributed by atoms with Gasteiger partial charge in [-0.2, -0.15) is 0 Å². The van der Waals surface area contributed by atoms with Gasteiger partial charge in [0.2, 0.25) is 0 Å². The number of hydrogen-bond acceptors (Lipinski definition) is 4. The molecule has 1 atom stereocenters. The van der Waals surface area contributed by atoms with Crippen molar-refractivity contribution in [3.05, 3.63) is 24.0 Å². The molecule has 1 aliphatic rings. The largest absolute Gasteiger partial charge is 0.399 e. The third-order valence-corrected chi connectivity index (χ3v) is 3.60. The maximum absolute atomic E-state index is 12.5. The van der Waals surface area contributed by atoms with Gasteiger partial charge in [-0.3, -0.25) is 9.78 Å². The van der Waals surface area contributed by atoms with Crippen LogP contribution in [0.15, 0.2) is 18.3 Å². The molecule has 0 aliphatic heterocycles. The predicted molar refractivity (Wildman–Crippen MR) is 73.7 cm³/mol. The fraction of sp³-hybridized carbons (Fsp3) is 0.571. The predicted octanol–water partition coefficient (Wildman–Crippen LogP) is 1.55. The number of nitrogens with two attached hydrogens (primary N) is 1. The zero-order chi connectivity index (χ0) is 13.8. The molecule has 19 heavy (non-hydrogen) atoms. The molecule has 2 rings (SSSR count). The summed E-state index contributed by atoms with van der Waals surface area (Å²) in [4.78, 5) is 18.5. The summed E-state index contributed by atoms with van der Waals surface area (Å²) in [5, 5.41) is 0. The van der Waals surface area contributed by atoms with Gasteiger partial charge in [-0.05, 0) is 37.8 Å². The van der Waals surface area contributed by atoms with Crippen LogP contribution >= 0.6 is 0 Å². The quantitative estimate of drug-likeness (QED) is 0.845. The van der Waals surface area contributed by atoms with E-state index in [1.807, 2.05) is 4.90 Å². The Morgan fingerprint density at radius 3 is 2.95 bits per heavy atom. The molecule has 1 aliphatic carbocycles. The number of ether oxygens (including phenoxy) is 1. The number of carbonyl (C=O) groups is 1. The Bertz CT molecular complexity index is 446. The zero-order valence-electron chi connectivity index (χ0n) is 11.5. The summed E-state index contributed by atoms with van der Waals surface area (Å²) < 4.78 is 5.09. The molecule has 0 saturated heterocycles. The third-order valence-electron chi connectivity index (χ3n) is 3.60. The average molecular weight is 263 g/mol. The molecule has 2 N–H and O–H groups in total. The van der Waals surface area contributed by atoms with Crippen molar-refractivity contribution in [2.75, 3.05) is 26.0 Å². The monoisotopic (exact) mass is 263 g/mol. The number of amides is 1. The van der Waals surface area contributed by atoms with E-state index in [-0.39, 0.29) is 11.9 Å². The van der Waals surface area contributed by atoms with Crippen molar-refractivity contribution in [2.24, 2.45) is 5.92 Å². The highest BCUT2D eigenvalue weighted by molar-refractivity contribution is 5.93. The standard InChI is InChI=1S/C14H21N3O2/c1-10(11-3-4-11)17(7-8-19-2)14(18)13-9-12(15)5-6-16-13/h5-6,9-11H,3-4,7-8H2,1-2H3,(H2,15,16). The first-order chi connectivity index (χ1) is 9.13. The SMILES string of the molecule is COCCN(C(=O)c1cc(N)ccn1)C(C)C1CC1. The number of methoxy groups -OCH3 is 1. The lowest BCUT2D eigenvalue weighted by atomic mass is 10.1. The van der Waals surface area contributed by atoms with Crippen LogP contribution in [0.2, 0.25) is 0 Å². The van der Waals surface area contributed by atoms with Crippen molar-refractivity contribution >= 4 is 11.6 Å². The lowest BCUT2D eigenvalue weighted by Crippen LogP contribution is -2.42. The Balaban J connectivity index is 2.14. The smallest absolute Gasteiger partial charge is 0.272 e. The molecular formula is C14H21N3O2. The van der Waals surface area contributed by atoms with Gasteiger partial charge in [0.15, 0.2) is 0 Å². The molecule has 1 aromatic heterocycles. The number of pyridine rings is 1. The van der Waals surface area contributed by atoms with Crippen molar-refractivity contribution in [1.29, 1.82) is 0 Å². The molecule has 0 bridgehead atoms. The Labute approximate surface area is 113 Å². The van der Waals surface area contributed by atoms with E-state index in [1.54, 1.807) is 25.4 Å². The van der Waals surface area contributed by atoms with Crippen molar-refractivity contribution in [1.82, 2.24) is 9.88 Å². The van der Waals surface area contributed by atoms with Crippen LogP contribution in [-0.4, -0.2) is 42.1 Å². The van der Waals surface area contributed by atoms with Crippen molar-refractivity contribution in [3.8, 4) is 0 Å². The summed E-state index contributed by atoms with van der Waals surface area (Å²) in [6.45, 7) is 3.21. The second-order valence-corrected chi connectivity index (χ2v) is 5.04. The molecule has 0 spiro atoms. The van der Waals surface area contributed by atoms with E-state index >= 15 is 0 Å². The zero-order valence-corrected chi connectivity index (χ0v) is 11.5. The summed E-state index contributed by atoms with van der Waals surface area (Å²) in [5.74, 6) is 0.547. The number of aromatic nitrogens is 1. The molecule has 1 fully saturated rings. The molecule has 1 unspecified atom stereocenters. The molecule has 104 valence electrons. The second-order valence-electron chi connectivity index (χ2n) is 5.04. The minimum atomic E-state index is -0.0660. The van der Waals surface area contributed by atoms with Gasteiger partial charge in [-0.15, -0.1) is 0 Å². The second kappa shape index (κ2) is 6.02. The summed E-state index contributed by atoms with van der Waals surface area (Å²) in [6.07, 6.45) is 3.96. The summed E-state index contributed by atoms with van der Waals surface area (Å²) in [7, 11) is 1.64. The van der Waals surface area contributed by atoms with E-state index in [2.05, 4.69) is 11.9 Å². The molecule has 1 aromatic rings. The maximum atomic E-state index is 12.5. The Morgan fingerprint density at radius 1 is 1.63 bits per heavy atom. The van der Waals surface area contributed by atoms with Gasteiger partial charge in [0.1, 0.15) is 5.69 Å². The topological polar surface area (TPSA) is 68.5 Å². The van der Waals surface area contributed by atoms with Crippen LogP contribution in [0.3, 0.4) is 0 Å². The normalized spacial score (nSPS) is 16.1. The molecule has 1 heterocycles. The molecule has 0 radical (unpaired) electrons. The van der Waals surface area contributed by atoms with E-state index in [4.69, 9.17) is 10.5 Å². The number of carbonyl (C=O) groups excluding carboxylic acids is 1. The van der Waals surface area contributed by atoms with Gasteiger partial charge < -0.3 is 15.4 Å². The first-order valence-electron chi connectivity index (χ1n) is 6.65. The highest BCUT2D eigenvalue weighted by Gasteiger charge is 2.34. The summed E-state index contributed by atoms with van der Waals surface area (Å²) in [6, 6.07) is 3.54. The van der Waals surface area contributed by atoms with E-state index < -0.39 is 0 Å². The lowest BCUT2D eigenvalue weighted by Gasteiger charge is -2.29. The number of nitrogen functional groups attached to an aromatic ring is 1. The number of hydrogen-bond donors (Lipinski definition) is 1. The fourth-order valence-electron chi connectivity index (χ4n) is 2.22. The minimum absolute atomic E-state index is 0.0660. The van der Waals surface area contributed by atoms with E-state index in [9.17, 15) is 4.79 Å². The minimum Gasteiger partial charge on any atom is -0.399 e. The van der Waals surface area contributed by atoms with Crippen LogP contribution in [0.5, 0.6) is 0 Å². The number of nitrogens with zero attached hydrogens (tertiary/aromatic N) is 2. The average Bonchev–Trinajstić information content (AvgIpc) is 3.23. The fourth-order valence-corrected chi connectivity index (χ4v) is 2.22. The molecule has 1 saturated carbocycles. The van der Waals surface area contributed by atoms with Gasteiger partial charge in [0, 0.05) is 31.6 Å². The first-order valence-corrected chi connectivity index (χ1v) is 6.65. The summed E-state index contributed by atoms with van der Waals surface area (Å²) >= 11 is 0. The number of anilines is 1. The Hall–Kier alpha value is -1.62. The van der Waals surface area contributed by atoms with Gasteiger partial charge >= 0.3 is 0 Å². The summed E-state index contributed by atoms with van der Waals surface area (Å²) in [5.41, 5.74) is 6.67. The highest BCUT2D eigenvalue weighted by Crippen LogP contribution is 2.35. The van der Waals surface area contributed by atoms with E-state index in [0.29, 0.717) is 30.5 Å². The van der Waals surface area contributed by atoms with E-state index in [1.165, 1.54) is 12.8 Å². The van der Waals surface area contributed by atoms with Crippen LogP contribution in [-0.2, 0) is 4.74 Å². The molecular weight excluding hydrogens is 242 g/mol. The first kappa shape index (κ1) is 13.8. The van der Waals surface area contributed by atoms with Gasteiger partial charge in [0.05, 0.1) is 6.61 Å². The third kappa shape index (κ3) is 3.44. The van der Waals surface area contributed by atoms with Crippen LogP contribution in [0.4, 0.5) is 5.69 Å². The van der Waals surface area contributed by atoms with Crippen molar-refractivity contribution < 1.29 is 9.53 Å².